The van der Waals surface area contributed by atoms with Gasteiger partial charge in [-0.15, -0.1) is 0 Å². The summed E-state index contributed by atoms with van der Waals surface area (Å²) in [4.78, 5) is 12.6. The number of carbonyl (C=O) groups excluding carboxylic acids is 1. The molecule has 0 aromatic rings. The molecule has 0 aromatic heterocycles. The fraction of sp³-hybridized carbons (Fsp3) is 0.950. The molecule has 4 rings (SSSR count). The highest BCUT2D eigenvalue weighted by Gasteiger charge is 2.69. The Morgan fingerprint density at radius 3 is 2.45 bits per heavy atom. The molecule has 2 heteroatoms. The standard InChI is InChI=1S/C20H32O2/c1-17(2)11-15(21)12-18(3)16(17)6-5-13-9-14-10-20(13,18)8-7-19(14,4)22/h13-14,16,22H,5-12H2,1-4H3/t13-,14?,16-,18-,19-,20+/m0/s1. The Balaban J connectivity index is 1.79. The van der Waals surface area contributed by atoms with Crippen molar-refractivity contribution in [3.8, 4) is 0 Å². The van der Waals surface area contributed by atoms with E-state index in [1.165, 1.54) is 25.7 Å². The molecule has 1 N–H and O–H groups in total. The van der Waals surface area contributed by atoms with E-state index in [4.69, 9.17) is 0 Å². The van der Waals surface area contributed by atoms with Gasteiger partial charge in [-0.1, -0.05) is 20.8 Å². The van der Waals surface area contributed by atoms with Gasteiger partial charge in [0.1, 0.15) is 5.78 Å². The van der Waals surface area contributed by atoms with E-state index < -0.39 is 5.60 Å². The first kappa shape index (κ1) is 15.2. The topological polar surface area (TPSA) is 37.3 Å². The monoisotopic (exact) mass is 304 g/mol. The van der Waals surface area contributed by atoms with Crippen LogP contribution in [0.5, 0.6) is 0 Å². The quantitative estimate of drug-likeness (QED) is 0.722. The summed E-state index contributed by atoms with van der Waals surface area (Å²) in [6.45, 7) is 9.16. The third kappa shape index (κ3) is 1.68. The van der Waals surface area contributed by atoms with Crippen LogP contribution in [0.1, 0.15) is 79.1 Å². The molecule has 4 aliphatic rings. The Morgan fingerprint density at radius 2 is 1.73 bits per heavy atom. The molecular weight excluding hydrogens is 272 g/mol. The summed E-state index contributed by atoms with van der Waals surface area (Å²) >= 11 is 0. The normalized spacial score (nSPS) is 56.4. The summed E-state index contributed by atoms with van der Waals surface area (Å²) in [6.07, 6.45) is 8.62. The van der Waals surface area contributed by atoms with Crippen LogP contribution in [0.3, 0.4) is 0 Å². The molecule has 2 nitrogen and oxygen atoms in total. The molecule has 1 spiro atoms. The second kappa shape index (κ2) is 4.18. The summed E-state index contributed by atoms with van der Waals surface area (Å²) in [6, 6.07) is 0. The maximum Gasteiger partial charge on any atom is 0.134 e. The minimum Gasteiger partial charge on any atom is -0.390 e. The zero-order valence-corrected chi connectivity index (χ0v) is 14.7. The smallest absolute Gasteiger partial charge is 0.134 e. The Kier molecular flexibility index (Phi) is 2.88. The molecule has 0 aromatic carbocycles. The van der Waals surface area contributed by atoms with E-state index in [9.17, 15) is 9.90 Å². The first-order valence-corrected chi connectivity index (χ1v) is 9.35. The van der Waals surface area contributed by atoms with Crippen molar-refractivity contribution < 1.29 is 9.90 Å². The number of hydrogen-bond acceptors (Lipinski definition) is 2. The van der Waals surface area contributed by atoms with Gasteiger partial charge in [-0.3, -0.25) is 4.79 Å². The van der Waals surface area contributed by atoms with Crippen LogP contribution in [-0.4, -0.2) is 16.5 Å². The molecule has 124 valence electrons. The highest BCUT2D eigenvalue weighted by Crippen LogP contribution is 2.74. The van der Waals surface area contributed by atoms with Crippen molar-refractivity contribution >= 4 is 5.78 Å². The summed E-state index contributed by atoms with van der Waals surface area (Å²) in [7, 11) is 0. The van der Waals surface area contributed by atoms with Crippen LogP contribution in [0.25, 0.3) is 0 Å². The molecule has 4 aliphatic carbocycles. The number of fused-ring (bicyclic) bond motifs is 2. The zero-order chi connectivity index (χ0) is 16.0. The summed E-state index contributed by atoms with van der Waals surface area (Å²) in [5, 5.41) is 10.8. The molecular formula is C20H32O2. The van der Waals surface area contributed by atoms with Gasteiger partial charge in [0.2, 0.25) is 0 Å². The molecule has 1 unspecified atom stereocenters. The second-order valence-corrected chi connectivity index (χ2v) is 10.3. The first-order chi connectivity index (χ1) is 10.1. The maximum atomic E-state index is 12.6. The third-order valence-corrected chi connectivity index (χ3v) is 8.79. The highest BCUT2D eigenvalue weighted by atomic mass is 16.3. The van der Waals surface area contributed by atoms with Gasteiger partial charge >= 0.3 is 0 Å². The van der Waals surface area contributed by atoms with Crippen molar-refractivity contribution in [1.82, 2.24) is 0 Å². The van der Waals surface area contributed by atoms with Crippen molar-refractivity contribution in [2.24, 2.45) is 34.0 Å². The number of hydrogen-bond donors (Lipinski definition) is 1. The van der Waals surface area contributed by atoms with Gasteiger partial charge in [-0.05, 0) is 79.4 Å². The SMILES string of the molecule is CC1(C)CC(=O)C[C@@]2(C)[C@H]1CC[C@H]1CC3C[C@]12CC[C@]3(C)O. The molecule has 0 amide bonds. The van der Waals surface area contributed by atoms with E-state index in [2.05, 4.69) is 27.7 Å². The van der Waals surface area contributed by atoms with Crippen molar-refractivity contribution in [3.63, 3.8) is 0 Å². The zero-order valence-electron chi connectivity index (χ0n) is 14.7. The van der Waals surface area contributed by atoms with Gasteiger partial charge < -0.3 is 5.11 Å². The van der Waals surface area contributed by atoms with E-state index >= 15 is 0 Å². The van der Waals surface area contributed by atoms with Gasteiger partial charge in [0.25, 0.3) is 0 Å². The second-order valence-electron chi connectivity index (χ2n) is 10.3. The van der Waals surface area contributed by atoms with Crippen LogP contribution in [0.15, 0.2) is 0 Å². The summed E-state index contributed by atoms with van der Waals surface area (Å²) < 4.78 is 0. The number of rotatable bonds is 0. The first-order valence-electron chi connectivity index (χ1n) is 9.35. The average molecular weight is 304 g/mol. The molecule has 0 saturated heterocycles. The molecule has 22 heavy (non-hydrogen) atoms. The Morgan fingerprint density at radius 1 is 1.00 bits per heavy atom. The summed E-state index contributed by atoms with van der Waals surface area (Å²) in [5.41, 5.74) is 0.181. The number of ketones is 1. The maximum absolute atomic E-state index is 12.6. The number of Topliss-reactive ketones (excluding diaryl/α,β-unsaturated/α-hetero) is 1. The largest absolute Gasteiger partial charge is 0.390 e. The van der Waals surface area contributed by atoms with Gasteiger partial charge in [0.05, 0.1) is 5.60 Å². The van der Waals surface area contributed by atoms with Gasteiger partial charge in [0.15, 0.2) is 0 Å². The number of carbonyl (C=O) groups is 1. The Labute approximate surface area is 135 Å². The van der Waals surface area contributed by atoms with E-state index in [0.717, 1.165) is 31.6 Å². The lowest BCUT2D eigenvalue weighted by Gasteiger charge is -2.64. The van der Waals surface area contributed by atoms with E-state index in [-0.39, 0.29) is 10.8 Å². The van der Waals surface area contributed by atoms with Gasteiger partial charge in [-0.25, -0.2) is 0 Å². The van der Waals surface area contributed by atoms with Crippen LogP contribution >= 0.6 is 0 Å². The van der Waals surface area contributed by atoms with E-state index in [1.54, 1.807) is 0 Å². The fourth-order valence-electron chi connectivity index (χ4n) is 7.79. The van der Waals surface area contributed by atoms with Crippen molar-refractivity contribution in [2.45, 2.75) is 84.7 Å². The van der Waals surface area contributed by atoms with Crippen molar-refractivity contribution in [1.29, 1.82) is 0 Å². The molecule has 6 atom stereocenters. The summed E-state index contributed by atoms with van der Waals surface area (Å²) in [5.74, 6) is 2.37. The van der Waals surface area contributed by atoms with Crippen LogP contribution < -0.4 is 0 Å². The molecule has 0 aliphatic heterocycles. The minimum absolute atomic E-state index is 0.155. The van der Waals surface area contributed by atoms with Crippen LogP contribution in [-0.2, 0) is 4.79 Å². The Bertz CT molecular complexity index is 520. The van der Waals surface area contributed by atoms with E-state index in [1.807, 2.05) is 0 Å². The lowest BCUT2D eigenvalue weighted by molar-refractivity contribution is -0.177. The van der Waals surface area contributed by atoms with Crippen LogP contribution in [0, 0.1) is 34.0 Å². The lowest BCUT2D eigenvalue weighted by atomic mass is 9.39. The lowest BCUT2D eigenvalue weighted by Crippen LogP contribution is -2.59. The van der Waals surface area contributed by atoms with Gasteiger partial charge in [-0.2, -0.15) is 0 Å². The van der Waals surface area contributed by atoms with Crippen LogP contribution in [0.2, 0.25) is 0 Å². The molecule has 2 bridgehead atoms. The fourth-order valence-corrected chi connectivity index (χ4v) is 7.79. The molecule has 0 radical (unpaired) electrons. The minimum atomic E-state index is -0.470. The third-order valence-electron chi connectivity index (χ3n) is 8.79. The van der Waals surface area contributed by atoms with Crippen molar-refractivity contribution in [2.75, 3.05) is 0 Å². The highest BCUT2D eigenvalue weighted by molar-refractivity contribution is 5.81. The number of aliphatic hydroxyl groups is 1. The van der Waals surface area contributed by atoms with E-state index in [0.29, 0.717) is 23.0 Å². The Hall–Kier alpha value is -0.370. The molecule has 4 fully saturated rings. The van der Waals surface area contributed by atoms with Crippen molar-refractivity contribution in [3.05, 3.63) is 0 Å². The molecule has 4 saturated carbocycles. The average Bonchev–Trinajstić information content (AvgIpc) is 2.71. The van der Waals surface area contributed by atoms with Crippen LogP contribution in [0.4, 0.5) is 0 Å². The van der Waals surface area contributed by atoms with Gasteiger partial charge in [0, 0.05) is 12.8 Å². The molecule has 0 heterocycles. The predicted octanol–water partition coefficient (Wildman–Crippen LogP) is 4.35. The predicted molar refractivity (Wildman–Crippen MR) is 87.4 cm³/mol.